The summed E-state index contributed by atoms with van der Waals surface area (Å²) in [5.74, 6) is 0.448. The highest BCUT2D eigenvalue weighted by molar-refractivity contribution is 7.13. The molecular weight excluding hydrogens is 380 g/mol. The monoisotopic (exact) mass is 408 g/mol. The average molecular weight is 409 g/mol. The Balaban J connectivity index is 1.65. The SMILES string of the molecule is C=CCNC(=O)[C@@]1(Cc2ccccc2-c2cccs2)CCCN(C(=O)C2CC2)C1. The second kappa shape index (κ2) is 8.54. The number of hydrogen-bond acceptors (Lipinski definition) is 3. The van der Waals surface area contributed by atoms with E-state index < -0.39 is 5.41 Å². The largest absolute Gasteiger partial charge is 0.352 e. The molecule has 4 rings (SSSR count). The fraction of sp³-hybridized carbons (Fsp3) is 0.417. The molecular formula is C24H28N2O2S. The number of benzene rings is 1. The summed E-state index contributed by atoms with van der Waals surface area (Å²) in [6.07, 6.45) is 5.99. The first-order valence-electron chi connectivity index (χ1n) is 10.4. The van der Waals surface area contributed by atoms with E-state index in [1.807, 2.05) is 17.0 Å². The van der Waals surface area contributed by atoms with Crippen LogP contribution in [-0.2, 0) is 16.0 Å². The van der Waals surface area contributed by atoms with Gasteiger partial charge in [-0.2, -0.15) is 0 Å². The van der Waals surface area contributed by atoms with Gasteiger partial charge < -0.3 is 10.2 Å². The summed E-state index contributed by atoms with van der Waals surface area (Å²) in [5, 5.41) is 5.11. The molecule has 1 aliphatic heterocycles. The Morgan fingerprint density at radius 2 is 2.07 bits per heavy atom. The summed E-state index contributed by atoms with van der Waals surface area (Å²) in [7, 11) is 0. The third-order valence-corrected chi connectivity index (χ3v) is 6.94. The molecule has 0 radical (unpaired) electrons. The summed E-state index contributed by atoms with van der Waals surface area (Å²) in [6.45, 7) is 5.44. The van der Waals surface area contributed by atoms with Crippen LogP contribution in [0.4, 0.5) is 0 Å². The minimum Gasteiger partial charge on any atom is -0.352 e. The fourth-order valence-electron chi connectivity index (χ4n) is 4.38. The molecule has 0 bridgehead atoms. The number of rotatable bonds is 7. The molecule has 5 heteroatoms. The van der Waals surface area contributed by atoms with E-state index in [1.165, 1.54) is 16.0 Å². The van der Waals surface area contributed by atoms with E-state index in [1.54, 1.807) is 17.4 Å². The van der Waals surface area contributed by atoms with Crippen LogP contribution in [0.15, 0.2) is 54.4 Å². The second-order valence-electron chi connectivity index (χ2n) is 8.23. The first kappa shape index (κ1) is 19.9. The molecule has 1 saturated carbocycles. The summed E-state index contributed by atoms with van der Waals surface area (Å²) in [4.78, 5) is 29.3. The molecule has 29 heavy (non-hydrogen) atoms. The zero-order valence-electron chi connectivity index (χ0n) is 16.7. The van der Waals surface area contributed by atoms with E-state index in [0.717, 1.165) is 32.2 Å². The predicted octanol–water partition coefficient (Wildman–Crippen LogP) is 4.28. The van der Waals surface area contributed by atoms with Gasteiger partial charge in [-0.25, -0.2) is 0 Å². The highest BCUT2D eigenvalue weighted by Gasteiger charge is 2.45. The van der Waals surface area contributed by atoms with Crippen LogP contribution in [0, 0.1) is 11.3 Å². The standard InChI is InChI=1S/C24H28N2O2S/c1-2-13-25-23(28)24(12-6-14-26(17-24)22(27)18-10-11-18)16-19-7-3-4-8-20(19)21-9-5-15-29-21/h2-5,7-9,15,18H,1,6,10-14,16-17H2,(H,25,28)/t24-/m1/s1. The van der Waals surface area contributed by atoms with Crippen molar-refractivity contribution in [3.63, 3.8) is 0 Å². The van der Waals surface area contributed by atoms with Crippen LogP contribution < -0.4 is 5.32 Å². The molecule has 2 fully saturated rings. The molecule has 1 saturated heterocycles. The Morgan fingerprint density at radius 3 is 2.79 bits per heavy atom. The van der Waals surface area contributed by atoms with Gasteiger partial charge in [0.2, 0.25) is 11.8 Å². The van der Waals surface area contributed by atoms with Crippen LogP contribution in [-0.4, -0.2) is 36.3 Å². The second-order valence-corrected chi connectivity index (χ2v) is 9.18. The minimum atomic E-state index is -0.598. The normalized spacial score (nSPS) is 21.6. The fourth-order valence-corrected chi connectivity index (χ4v) is 5.17. The van der Waals surface area contributed by atoms with Gasteiger partial charge in [0.05, 0.1) is 5.41 Å². The first-order valence-corrected chi connectivity index (χ1v) is 11.3. The Kier molecular flexibility index (Phi) is 5.86. The topological polar surface area (TPSA) is 49.4 Å². The van der Waals surface area contributed by atoms with E-state index >= 15 is 0 Å². The zero-order chi connectivity index (χ0) is 20.3. The average Bonchev–Trinajstić information content (AvgIpc) is 3.46. The Hall–Kier alpha value is -2.40. The summed E-state index contributed by atoms with van der Waals surface area (Å²) >= 11 is 1.71. The first-order chi connectivity index (χ1) is 14.1. The van der Waals surface area contributed by atoms with Gasteiger partial charge in [-0.05, 0) is 54.7 Å². The number of nitrogens with one attached hydrogen (secondary N) is 1. The van der Waals surface area contributed by atoms with Crippen LogP contribution in [0.25, 0.3) is 10.4 Å². The van der Waals surface area contributed by atoms with Gasteiger partial charge in [0.15, 0.2) is 0 Å². The van der Waals surface area contributed by atoms with E-state index in [0.29, 0.717) is 19.5 Å². The molecule has 2 aromatic rings. The van der Waals surface area contributed by atoms with E-state index in [-0.39, 0.29) is 17.7 Å². The molecule has 2 amide bonds. The van der Waals surface area contributed by atoms with Crippen LogP contribution in [0.3, 0.4) is 0 Å². The van der Waals surface area contributed by atoms with Gasteiger partial charge in [0.1, 0.15) is 0 Å². The molecule has 2 aliphatic rings. The predicted molar refractivity (Wildman–Crippen MR) is 118 cm³/mol. The molecule has 152 valence electrons. The number of piperidine rings is 1. The molecule has 2 heterocycles. The number of carbonyl (C=O) groups is 2. The van der Waals surface area contributed by atoms with Gasteiger partial charge in [0, 0.05) is 30.4 Å². The highest BCUT2D eigenvalue weighted by Crippen LogP contribution is 2.40. The van der Waals surface area contributed by atoms with E-state index in [4.69, 9.17) is 0 Å². The smallest absolute Gasteiger partial charge is 0.228 e. The third kappa shape index (κ3) is 4.30. The maximum atomic E-state index is 13.3. The van der Waals surface area contributed by atoms with Gasteiger partial charge >= 0.3 is 0 Å². The minimum absolute atomic E-state index is 0.0340. The van der Waals surface area contributed by atoms with Crippen LogP contribution in [0.5, 0.6) is 0 Å². The molecule has 1 aliphatic carbocycles. The lowest BCUT2D eigenvalue weighted by molar-refractivity contribution is -0.142. The van der Waals surface area contributed by atoms with Crippen molar-refractivity contribution >= 4 is 23.2 Å². The van der Waals surface area contributed by atoms with Crippen molar-refractivity contribution in [1.29, 1.82) is 0 Å². The third-order valence-electron chi connectivity index (χ3n) is 6.04. The molecule has 4 nitrogen and oxygen atoms in total. The molecule has 1 aromatic carbocycles. The Morgan fingerprint density at radius 1 is 1.24 bits per heavy atom. The van der Waals surface area contributed by atoms with Gasteiger partial charge in [0.25, 0.3) is 0 Å². The van der Waals surface area contributed by atoms with E-state index in [2.05, 4.69) is 41.5 Å². The number of amides is 2. The lowest BCUT2D eigenvalue weighted by Crippen LogP contribution is -2.54. The summed E-state index contributed by atoms with van der Waals surface area (Å²) in [5.41, 5.74) is 1.76. The van der Waals surface area contributed by atoms with Crippen molar-refractivity contribution in [2.75, 3.05) is 19.6 Å². The lowest BCUT2D eigenvalue weighted by atomic mass is 9.73. The van der Waals surface area contributed by atoms with E-state index in [9.17, 15) is 9.59 Å². The lowest BCUT2D eigenvalue weighted by Gasteiger charge is -2.42. The van der Waals surface area contributed by atoms with Crippen molar-refractivity contribution in [2.45, 2.75) is 32.1 Å². The molecule has 1 N–H and O–H groups in total. The number of nitrogens with zero attached hydrogens (tertiary/aromatic N) is 1. The van der Waals surface area contributed by atoms with Crippen molar-refractivity contribution in [3.05, 3.63) is 60.0 Å². The summed E-state index contributed by atoms with van der Waals surface area (Å²) in [6, 6.07) is 12.5. The van der Waals surface area contributed by atoms with Crippen molar-refractivity contribution in [2.24, 2.45) is 11.3 Å². The van der Waals surface area contributed by atoms with Gasteiger partial charge in [-0.3, -0.25) is 9.59 Å². The van der Waals surface area contributed by atoms with Gasteiger partial charge in [-0.1, -0.05) is 36.4 Å². The maximum absolute atomic E-state index is 13.3. The molecule has 1 aromatic heterocycles. The number of hydrogen-bond donors (Lipinski definition) is 1. The molecule has 1 atom stereocenters. The summed E-state index contributed by atoms with van der Waals surface area (Å²) < 4.78 is 0. The zero-order valence-corrected chi connectivity index (χ0v) is 17.5. The highest BCUT2D eigenvalue weighted by atomic mass is 32.1. The Labute approximate surface area is 176 Å². The molecule has 0 unspecified atom stereocenters. The van der Waals surface area contributed by atoms with Crippen LogP contribution in [0.1, 0.15) is 31.2 Å². The van der Waals surface area contributed by atoms with Crippen molar-refractivity contribution < 1.29 is 9.59 Å². The van der Waals surface area contributed by atoms with Gasteiger partial charge in [-0.15, -0.1) is 17.9 Å². The van der Waals surface area contributed by atoms with Crippen LogP contribution in [0.2, 0.25) is 0 Å². The van der Waals surface area contributed by atoms with Crippen molar-refractivity contribution in [1.82, 2.24) is 10.2 Å². The number of likely N-dealkylation sites (tertiary alicyclic amines) is 1. The number of thiophene rings is 1. The number of carbonyl (C=O) groups excluding carboxylic acids is 2. The van der Waals surface area contributed by atoms with Crippen molar-refractivity contribution in [3.8, 4) is 10.4 Å². The molecule has 0 spiro atoms. The maximum Gasteiger partial charge on any atom is 0.228 e. The van der Waals surface area contributed by atoms with Crippen LogP contribution >= 0.6 is 11.3 Å². The Bertz CT molecular complexity index is 888. The quantitative estimate of drug-likeness (QED) is 0.695.